The first-order valence-corrected chi connectivity index (χ1v) is 5.64. The van der Waals surface area contributed by atoms with E-state index in [-0.39, 0.29) is 0 Å². The first kappa shape index (κ1) is 9.51. The number of hydrogen-bond acceptors (Lipinski definition) is 3. The summed E-state index contributed by atoms with van der Waals surface area (Å²) in [5.74, 6) is 0.722. The Bertz CT molecular complexity index is 553. The van der Waals surface area contributed by atoms with Gasteiger partial charge in [-0.05, 0) is 40.8 Å². The second-order valence-corrected chi connectivity index (χ2v) is 4.43. The minimum atomic E-state index is 0.581. The van der Waals surface area contributed by atoms with Crippen molar-refractivity contribution in [2.45, 2.75) is 26.2 Å². The first-order valence-electron chi connectivity index (χ1n) is 5.64. The molecule has 0 spiro atoms. The first-order chi connectivity index (χ1) is 7.78. The van der Waals surface area contributed by atoms with Crippen molar-refractivity contribution in [1.82, 2.24) is 10.1 Å². The van der Waals surface area contributed by atoms with E-state index in [0.29, 0.717) is 10.4 Å². The van der Waals surface area contributed by atoms with Crippen LogP contribution in [0.1, 0.15) is 24.5 Å². The molecule has 1 aromatic heterocycles. The molecule has 2 aromatic rings. The minimum absolute atomic E-state index is 0.581. The second kappa shape index (κ2) is 3.40. The molecule has 4 nitrogen and oxygen atoms in total. The van der Waals surface area contributed by atoms with Gasteiger partial charge in [0.2, 0.25) is 0 Å². The highest BCUT2D eigenvalue weighted by atomic mass is 16.5. The van der Waals surface area contributed by atoms with Crippen LogP contribution in [0.4, 0.5) is 0 Å². The van der Waals surface area contributed by atoms with Crippen molar-refractivity contribution in [3.63, 3.8) is 0 Å². The third-order valence-corrected chi connectivity index (χ3v) is 3.45. The van der Waals surface area contributed by atoms with Gasteiger partial charge in [0.05, 0.1) is 0 Å². The number of nitrogens with zero attached hydrogens (tertiary/aromatic N) is 3. The van der Waals surface area contributed by atoms with Crippen LogP contribution in [0.15, 0.2) is 18.5 Å². The normalized spacial score (nSPS) is 18.9. The van der Waals surface area contributed by atoms with Crippen molar-refractivity contribution < 1.29 is 4.85 Å². The van der Waals surface area contributed by atoms with Crippen LogP contribution in [0.5, 0.6) is 0 Å². The zero-order valence-electron chi connectivity index (χ0n) is 9.18. The topological polar surface area (TPSA) is 52.7 Å². The number of fused-ring (bicyclic) bond motifs is 2. The van der Waals surface area contributed by atoms with E-state index < -0.39 is 0 Å². The molecule has 82 valence electrons. The van der Waals surface area contributed by atoms with Crippen molar-refractivity contribution in [2.24, 2.45) is 5.92 Å². The van der Waals surface area contributed by atoms with Gasteiger partial charge in [-0.25, -0.2) is 4.98 Å². The lowest BCUT2D eigenvalue weighted by atomic mass is 10.0. The Morgan fingerprint density at radius 1 is 1.38 bits per heavy atom. The third-order valence-electron chi connectivity index (χ3n) is 3.45. The van der Waals surface area contributed by atoms with E-state index >= 15 is 0 Å². The van der Waals surface area contributed by atoms with E-state index in [4.69, 9.17) is 0 Å². The van der Waals surface area contributed by atoms with Crippen LogP contribution in [0.2, 0.25) is 0 Å². The van der Waals surface area contributed by atoms with Gasteiger partial charge in [-0.15, -0.1) is 0 Å². The van der Waals surface area contributed by atoms with Gasteiger partial charge in [0.25, 0.3) is 5.52 Å². The second-order valence-electron chi connectivity index (χ2n) is 4.43. The molecule has 0 saturated heterocycles. The van der Waals surface area contributed by atoms with Gasteiger partial charge in [-0.3, -0.25) is 0 Å². The van der Waals surface area contributed by atoms with E-state index in [1.807, 2.05) is 12.1 Å². The molecule has 0 bridgehead atoms. The summed E-state index contributed by atoms with van der Waals surface area (Å²) in [5, 5.41) is 15.1. The van der Waals surface area contributed by atoms with E-state index in [9.17, 15) is 5.21 Å². The Balaban J connectivity index is 2.18. The maximum atomic E-state index is 11.5. The molecule has 1 aromatic carbocycles. The van der Waals surface area contributed by atoms with Gasteiger partial charge in [0.15, 0.2) is 6.33 Å². The average Bonchev–Trinajstić information content (AvgIpc) is 2.69. The highest BCUT2D eigenvalue weighted by Gasteiger charge is 2.22. The highest BCUT2D eigenvalue weighted by molar-refractivity contribution is 5.73. The molecular formula is C12H13N3O. The highest BCUT2D eigenvalue weighted by Crippen LogP contribution is 2.30. The van der Waals surface area contributed by atoms with Gasteiger partial charge in [-0.2, -0.15) is 0 Å². The summed E-state index contributed by atoms with van der Waals surface area (Å²) in [4.78, 5) is 4.79. The maximum absolute atomic E-state index is 11.5. The summed E-state index contributed by atoms with van der Waals surface area (Å²) in [6, 6.07) is 3.99. The van der Waals surface area contributed by atoms with Crippen LogP contribution < -0.4 is 4.85 Å². The molecule has 0 amide bonds. The van der Waals surface area contributed by atoms with Crippen LogP contribution in [0.3, 0.4) is 0 Å². The Morgan fingerprint density at radius 3 is 2.88 bits per heavy atom. The predicted molar refractivity (Wildman–Crippen MR) is 59.7 cm³/mol. The van der Waals surface area contributed by atoms with Gasteiger partial charge in [0.1, 0.15) is 5.52 Å². The number of rotatable bonds is 1. The fraction of sp³-hybridized carbons (Fsp3) is 0.417. The molecule has 3 rings (SSSR count). The SMILES string of the molecule is CCC1Cc2cc3ncn[n+]([O-])c3cc2C1. The average molecular weight is 215 g/mol. The molecule has 0 N–H and O–H groups in total. The van der Waals surface area contributed by atoms with Crippen molar-refractivity contribution in [3.05, 3.63) is 34.8 Å². The lowest BCUT2D eigenvalue weighted by molar-refractivity contribution is -0.643. The summed E-state index contributed by atoms with van der Waals surface area (Å²) in [6.07, 6.45) is 4.70. The third kappa shape index (κ3) is 1.33. The van der Waals surface area contributed by atoms with E-state index in [0.717, 1.165) is 24.3 Å². The summed E-state index contributed by atoms with van der Waals surface area (Å²) >= 11 is 0. The van der Waals surface area contributed by atoms with Gasteiger partial charge in [0, 0.05) is 11.2 Å². The van der Waals surface area contributed by atoms with Crippen LogP contribution in [0.25, 0.3) is 11.0 Å². The molecule has 1 unspecified atom stereocenters. The number of aromatic nitrogens is 3. The van der Waals surface area contributed by atoms with Crippen molar-refractivity contribution >= 4 is 11.0 Å². The van der Waals surface area contributed by atoms with Crippen molar-refractivity contribution in [1.29, 1.82) is 0 Å². The fourth-order valence-electron chi connectivity index (χ4n) is 2.48. The fourth-order valence-corrected chi connectivity index (χ4v) is 2.48. The molecule has 16 heavy (non-hydrogen) atoms. The molecule has 0 radical (unpaired) electrons. The van der Waals surface area contributed by atoms with Crippen LogP contribution in [0, 0.1) is 11.1 Å². The van der Waals surface area contributed by atoms with E-state index in [1.165, 1.54) is 23.9 Å². The smallest absolute Gasteiger partial charge is 0.270 e. The quantitative estimate of drug-likeness (QED) is 0.533. The minimum Gasteiger partial charge on any atom is -0.594 e. The maximum Gasteiger partial charge on any atom is 0.270 e. The Labute approximate surface area is 93.5 Å². The molecule has 1 atom stereocenters. The summed E-state index contributed by atoms with van der Waals surface area (Å²) < 4.78 is 0. The van der Waals surface area contributed by atoms with Crippen LogP contribution >= 0.6 is 0 Å². The molecule has 1 heterocycles. The molecule has 0 fully saturated rings. The molecule has 1 aliphatic rings. The molecule has 0 aliphatic heterocycles. The van der Waals surface area contributed by atoms with Crippen molar-refractivity contribution in [3.8, 4) is 0 Å². The van der Waals surface area contributed by atoms with Gasteiger partial charge >= 0.3 is 0 Å². The monoisotopic (exact) mass is 215 g/mol. The Morgan fingerprint density at radius 2 is 2.12 bits per heavy atom. The molecular weight excluding hydrogens is 202 g/mol. The van der Waals surface area contributed by atoms with E-state index in [2.05, 4.69) is 17.0 Å². The number of benzene rings is 1. The predicted octanol–water partition coefficient (Wildman–Crippen LogP) is 1.39. The van der Waals surface area contributed by atoms with Crippen LogP contribution in [-0.2, 0) is 12.8 Å². The van der Waals surface area contributed by atoms with Gasteiger partial charge in [-0.1, -0.05) is 13.3 Å². The van der Waals surface area contributed by atoms with Gasteiger partial charge < -0.3 is 5.21 Å². The van der Waals surface area contributed by atoms with E-state index in [1.54, 1.807) is 0 Å². The standard InChI is InChI=1S/C12H13N3O/c1-2-8-3-9-5-11-12(6-10(9)4-8)15(16)14-7-13-11/h5-8H,2-4H2,1H3. The Hall–Kier alpha value is -1.71. The summed E-state index contributed by atoms with van der Waals surface area (Å²) in [5.41, 5.74) is 3.97. The molecule has 4 heteroatoms. The summed E-state index contributed by atoms with van der Waals surface area (Å²) in [6.45, 7) is 2.21. The zero-order chi connectivity index (χ0) is 11.1. The van der Waals surface area contributed by atoms with Crippen LogP contribution in [-0.4, -0.2) is 10.1 Å². The lowest BCUT2D eigenvalue weighted by Gasteiger charge is -2.01. The zero-order valence-corrected chi connectivity index (χ0v) is 9.18. The summed E-state index contributed by atoms with van der Waals surface area (Å²) in [7, 11) is 0. The van der Waals surface area contributed by atoms with Crippen molar-refractivity contribution in [2.75, 3.05) is 0 Å². The Kier molecular flexibility index (Phi) is 2.02. The number of hydrogen-bond donors (Lipinski definition) is 0. The lowest BCUT2D eigenvalue weighted by Crippen LogP contribution is -2.31. The molecule has 0 saturated carbocycles. The largest absolute Gasteiger partial charge is 0.594 e. The molecule has 1 aliphatic carbocycles.